The molecule has 0 atom stereocenters. The molecule has 2 nitrogen and oxygen atoms in total. The van der Waals surface area contributed by atoms with Crippen molar-refractivity contribution in [1.82, 2.24) is 0 Å². The van der Waals surface area contributed by atoms with Gasteiger partial charge in [0, 0.05) is 0 Å². The molecular weight excluding hydrogens is 97.0 g/mol. The quantitative estimate of drug-likeness (QED) is 0.312. The number of halogens is 1. The van der Waals surface area contributed by atoms with Gasteiger partial charge in [0.25, 0.3) is 0 Å². The molecule has 0 aromatic heterocycles. The predicted molar refractivity (Wildman–Crippen MR) is 11.0 cm³/mol. The second-order valence-corrected chi connectivity index (χ2v) is 0.506. The Morgan fingerprint density at radius 2 is 2.00 bits per heavy atom. The van der Waals surface area contributed by atoms with Crippen molar-refractivity contribution < 1.29 is 43.8 Å². The van der Waals surface area contributed by atoms with E-state index in [1.807, 2.05) is 0 Å². The van der Waals surface area contributed by atoms with Gasteiger partial charge in [-0.1, -0.05) is 0 Å². The van der Waals surface area contributed by atoms with Crippen molar-refractivity contribution in [1.29, 1.82) is 0 Å². The standard InChI is InChI=1S/C2H3FO2.Na/c3-1-2(4)5;/h1H2,(H,4,5);/q;+1/p-1/i3-1;. The SMILES string of the molecule is O=C([O-])C[18F].[Na+]. The van der Waals surface area contributed by atoms with Gasteiger partial charge in [-0.2, -0.15) is 0 Å². The largest absolute Gasteiger partial charge is 1.00 e. The van der Waals surface area contributed by atoms with Crippen LogP contribution in [-0.2, 0) is 4.79 Å². The molecule has 0 heterocycles. The number of rotatable bonds is 1. The Kier molecular flexibility index (Phi) is 8.68. The van der Waals surface area contributed by atoms with Gasteiger partial charge in [0.05, 0.1) is 5.97 Å². The molecule has 4 heteroatoms. The van der Waals surface area contributed by atoms with Crippen LogP contribution < -0.4 is 34.7 Å². The van der Waals surface area contributed by atoms with E-state index < -0.39 is 12.6 Å². The second-order valence-electron chi connectivity index (χ2n) is 0.506. The topological polar surface area (TPSA) is 40.1 Å². The van der Waals surface area contributed by atoms with E-state index in [4.69, 9.17) is 9.90 Å². The molecule has 0 aliphatic heterocycles. The molecule has 0 saturated carbocycles. The summed E-state index contributed by atoms with van der Waals surface area (Å²) in [6.07, 6.45) is 0. The third-order valence-corrected chi connectivity index (χ3v) is 0.109. The summed E-state index contributed by atoms with van der Waals surface area (Å²) in [6, 6.07) is 0. The van der Waals surface area contributed by atoms with E-state index >= 15 is 0 Å². The van der Waals surface area contributed by atoms with Crippen LogP contribution in [-0.4, -0.2) is 12.6 Å². The van der Waals surface area contributed by atoms with E-state index in [-0.39, 0.29) is 29.6 Å². The molecule has 0 amide bonds. The molecule has 6 heavy (non-hydrogen) atoms. The predicted octanol–water partition coefficient (Wildman–Crippen LogP) is -4.29. The van der Waals surface area contributed by atoms with Crippen molar-refractivity contribution in [3.8, 4) is 0 Å². The fraction of sp³-hybridized carbons (Fsp3) is 0.500. The van der Waals surface area contributed by atoms with E-state index in [1.165, 1.54) is 0 Å². The maximum absolute atomic E-state index is 10.5. The number of hydrogen-bond donors (Lipinski definition) is 0. The average Bonchev–Trinajstić information content (AvgIpc) is 1.38. The molecular formula is C2H2FNaO2. The molecule has 30 valence electrons. The zero-order chi connectivity index (χ0) is 4.28. The number of aliphatic carboxylic acids is 1. The molecule has 0 saturated heterocycles. The first-order valence-corrected chi connectivity index (χ1v) is 1.03. The third-order valence-electron chi connectivity index (χ3n) is 0.109. The minimum Gasteiger partial charge on any atom is -0.547 e. The molecule has 0 aromatic carbocycles. The van der Waals surface area contributed by atoms with E-state index in [9.17, 15) is 4.39 Å². The Balaban J connectivity index is 0. The molecule has 0 aromatic rings. The molecule has 0 aliphatic rings. The summed E-state index contributed by atoms with van der Waals surface area (Å²) in [7, 11) is 0. The van der Waals surface area contributed by atoms with Crippen LogP contribution in [0.25, 0.3) is 0 Å². The summed E-state index contributed by atoms with van der Waals surface area (Å²) < 4.78 is 10.5. The van der Waals surface area contributed by atoms with Gasteiger partial charge in [-0.15, -0.1) is 0 Å². The average molecular weight is 99.0 g/mol. The summed E-state index contributed by atoms with van der Waals surface area (Å²) in [4.78, 5) is 8.88. The van der Waals surface area contributed by atoms with Gasteiger partial charge >= 0.3 is 29.6 Å². The number of carboxylic acids is 1. The molecule has 0 bridgehead atoms. The van der Waals surface area contributed by atoms with E-state index in [0.717, 1.165) is 0 Å². The maximum atomic E-state index is 10.5. The summed E-state index contributed by atoms with van der Waals surface area (Å²) >= 11 is 0. The fourth-order valence-electron chi connectivity index (χ4n) is 0. The Morgan fingerprint density at radius 1 is 1.83 bits per heavy atom. The van der Waals surface area contributed by atoms with Crippen molar-refractivity contribution in [2.45, 2.75) is 0 Å². The van der Waals surface area contributed by atoms with Gasteiger partial charge in [0.15, 0.2) is 0 Å². The van der Waals surface area contributed by atoms with Gasteiger partial charge in [0.2, 0.25) is 0 Å². The number of hydrogen-bond acceptors (Lipinski definition) is 2. The smallest absolute Gasteiger partial charge is 0.547 e. The molecule has 0 unspecified atom stereocenters. The van der Waals surface area contributed by atoms with E-state index in [2.05, 4.69) is 0 Å². The second kappa shape index (κ2) is 5.40. The third kappa shape index (κ3) is 8.83. The number of carbonyl (C=O) groups is 1. The van der Waals surface area contributed by atoms with Crippen molar-refractivity contribution in [2.75, 3.05) is 6.67 Å². The number of carboxylic acid groups (broad SMARTS) is 1. The molecule has 0 rings (SSSR count). The van der Waals surface area contributed by atoms with Crippen LogP contribution >= 0.6 is 0 Å². The minimum absolute atomic E-state index is 0. The van der Waals surface area contributed by atoms with Crippen LogP contribution in [0.5, 0.6) is 0 Å². The molecule has 0 fully saturated rings. The van der Waals surface area contributed by atoms with Gasteiger partial charge in [-0.25, -0.2) is 4.39 Å². The Labute approximate surface area is 56.6 Å². The van der Waals surface area contributed by atoms with Crippen LogP contribution in [0.15, 0.2) is 0 Å². The Hall–Kier alpha value is 0.400. The van der Waals surface area contributed by atoms with E-state index in [0.29, 0.717) is 0 Å². The zero-order valence-corrected chi connectivity index (χ0v) is 5.40. The van der Waals surface area contributed by atoms with Crippen molar-refractivity contribution in [3.63, 3.8) is 0 Å². The summed E-state index contributed by atoms with van der Waals surface area (Å²) in [5.74, 6) is -1.66. The van der Waals surface area contributed by atoms with Gasteiger partial charge < -0.3 is 9.90 Å². The number of alkyl halides is 1. The minimum atomic E-state index is -1.66. The van der Waals surface area contributed by atoms with Crippen LogP contribution in [0.1, 0.15) is 0 Å². The molecule has 0 spiro atoms. The molecule has 0 N–H and O–H groups in total. The first-order chi connectivity index (χ1) is 2.27. The fourth-order valence-corrected chi connectivity index (χ4v) is 0. The summed E-state index contributed by atoms with van der Waals surface area (Å²) in [6.45, 7) is -1.39. The van der Waals surface area contributed by atoms with Crippen molar-refractivity contribution in [2.24, 2.45) is 0 Å². The van der Waals surface area contributed by atoms with Gasteiger partial charge in [0.1, 0.15) is 6.67 Å². The normalized spacial score (nSPS) is 6.17. The van der Waals surface area contributed by atoms with Crippen LogP contribution in [0, 0.1) is 0 Å². The maximum Gasteiger partial charge on any atom is 1.00 e. The molecule has 0 aliphatic carbocycles. The monoisotopic (exact) mass is 99.0 g/mol. The number of carbonyl (C=O) groups excluding carboxylic acids is 1. The van der Waals surface area contributed by atoms with Crippen LogP contribution in [0.2, 0.25) is 0 Å². The first-order valence-electron chi connectivity index (χ1n) is 1.03. The summed E-state index contributed by atoms with van der Waals surface area (Å²) in [5.41, 5.74) is 0. The van der Waals surface area contributed by atoms with Crippen LogP contribution in [0.4, 0.5) is 4.39 Å². The summed E-state index contributed by atoms with van der Waals surface area (Å²) in [5, 5.41) is 8.88. The van der Waals surface area contributed by atoms with Gasteiger partial charge in [-0.3, -0.25) is 0 Å². The van der Waals surface area contributed by atoms with Gasteiger partial charge in [-0.05, 0) is 0 Å². The Morgan fingerprint density at radius 3 is 2.00 bits per heavy atom. The first kappa shape index (κ1) is 9.64. The van der Waals surface area contributed by atoms with Crippen molar-refractivity contribution in [3.05, 3.63) is 0 Å². The van der Waals surface area contributed by atoms with E-state index in [1.54, 1.807) is 0 Å². The van der Waals surface area contributed by atoms with Crippen LogP contribution in [0.3, 0.4) is 0 Å². The molecule has 0 radical (unpaired) electrons. The zero-order valence-electron chi connectivity index (χ0n) is 3.40. The van der Waals surface area contributed by atoms with Crippen molar-refractivity contribution >= 4 is 5.97 Å². The Bertz CT molecular complexity index is 46.8.